The Kier molecular flexibility index (Phi) is 4.97. The van der Waals surface area contributed by atoms with E-state index in [-0.39, 0.29) is 12.4 Å². The Hall–Kier alpha value is -2.63. The summed E-state index contributed by atoms with van der Waals surface area (Å²) in [5, 5.41) is 1.05. The molecule has 0 unspecified atom stereocenters. The minimum Gasteiger partial charge on any atom is -0.450 e. The van der Waals surface area contributed by atoms with Gasteiger partial charge in [-0.05, 0) is 17.7 Å². The van der Waals surface area contributed by atoms with E-state index in [9.17, 15) is 0 Å². The number of anilines is 1. The third-order valence-corrected chi connectivity index (χ3v) is 5.06. The molecule has 1 aliphatic heterocycles. The van der Waals surface area contributed by atoms with Crippen molar-refractivity contribution in [3.8, 4) is 0 Å². The molecule has 0 N–H and O–H groups in total. The first-order chi connectivity index (χ1) is 12.9. The second-order valence-corrected chi connectivity index (χ2v) is 6.72. The van der Waals surface area contributed by atoms with Gasteiger partial charge in [-0.1, -0.05) is 42.5 Å². The van der Waals surface area contributed by atoms with E-state index in [4.69, 9.17) is 4.42 Å². The molecule has 0 aliphatic carbocycles. The van der Waals surface area contributed by atoms with Crippen LogP contribution in [0.1, 0.15) is 5.56 Å². The minimum absolute atomic E-state index is 0. The molecule has 0 radical (unpaired) electrons. The highest BCUT2D eigenvalue weighted by Gasteiger charge is 2.22. The van der Waals surface area contributed by atoms with Crippen LogP contribution in [-0.4, -0.2) is 41.0 Å². The zero-order valence-corrected chi connectivity index (χ0v) is 15.7. The van der Waals surface area contributed by atoms with E-state index in [1.807, 2.05) is 18.2 Å². The number of aromatic nitrogens is 2. The number of para-hydroxylation sites is 1. The van der Waals surface area contributed by atoms with Crippen molar-refractivity contribution in [3.05, 3.63) is 66.5 Å². The third-order valence-electron chi connectivity index (χ3n) is 5.06. The van der Waals surface area contributed by atoms with Gasteiger partial charge >= 0.3 is 0 Å². The SMILES string of the molecule is Cl.c1ccc(CN2CCN(c3ncnc4c3oc3ccccc34)CC2)cc1. The summed E-state index contributed by atoms with van der Waals surface area (Å²) >= 11 is 0. The smallest absolute Gasteiger partial charge is 0.196 e. The fraction of sp³-hybridized carbons (Fsp3) is 0.238. The van der Waals surface area contributed by atoms with Gasteiger partial charge in [-0.2, -0.15) is 0 Å². The maximum Gasteiger partial charge on any atom is 0.196 e. The Morgan fingerprint density at radius 1 is 0.852 bits per heavy atom. The molecule has 1 aliphatic rings. The van der Waals surface area contributed by atoms with E-state index in [1.165, 1.54) is 5.56 Å². The molecular formula is C21H21ClN4O. The first kappa shape index (κ1) is 17.8. The molecule has 3 heterocycles. The Labute approximate surface area is 164 Å². The Balaban J connectivity index is 0.00000180. The molecule has 0 saturated carbocycles. The quantitative estimate of drug-likeness (QED) is 0.535. The summed E-state index contributed by atoms with van der Waals surface area (Å²) < 4.78 is 6.08. The van der Waals surface area contributed by atoms with Gasteiger partial charge < -0.3 is 9.32 Å². The lowest BCUT2D eigenvalue weighted by molar-refractivity contribution is 0.249. The molecule has 0 atom stereocenters. The molecule has 4 aromatic rings. The maximum absolute atomic E-state index is 6.08. The normalized spacial score (nSPS) is 15.2. The van der Waals surface area contributed by atoms with Gasteiger partial charge in [-0.3, -0.25) is 4.90 Å². The lowest BCUT2D eigenvalue weighted by Crippen LogP contribution is -2.46. The number of furan rings is 1. The lowest BCUT2D eigenvalue weighted by Gasteiger charge is -2.35. The second kappa shape index (κ2) is 7.55. The van der Waals surface area contributed by atoms with Crippen LogP contribution in [-0.2, 0) is 6.54 Å². The van der Waals surface area contributed by atoms with Gasteiger partial charge in [0.1, 0.15) is 17.4 Å². The van der Waals surface area contributed by atoms with Crippen molar-refractivity contribution in [2.24, 2.45) is 0 Å². The molecule has 2 aromatic heterocycles. The highest BCUT2D eigenvalue weighted by molar-refractivity contribution is 6.05. The van der Waals surface area contributed by atoms with Gasteiger partial charge in [0.05, 0.1) is 0 Å². The van der Waals surface area contributed by atoms with Gasteiger partial charge in [0, 0.05) is 38.1 Å². The Morgan fingerprint density at radius 2 is 1.59 bits per heavy atom. The Morgan fingerprint density at radius 3 is 2.41 bits per heavy atom. The number of hydrogen-bond acceptors (Lipinski definition) is 5. The predicted molar refractivity (Wildman–Crippen MR) is 110 cm³/mol. The van der Waals surface area contributed by atoms with Crippen LogP contribution in [0.4, 0.5) is 5.82 Å². The summed E-state index contributed by atoms with van der Waals surface area (Å²) in [7, 11) is 0. The number of fused-ring (bicyclic) bond motifs is 3. The molecule has 138 valence electrons. The largest absolute Gasteiger partial charge is 0.450 e. The van der Waals surface area contributed by atoms with Gasteiger partial charge in [0.2, 0.25) is 0 Å². The minimum atomic E-state index is 0. The predicted octanol–water partition coefficient (Wildman–Crippen LogP) is 4.12. The molecular weight excluding hydrogens is 360 g/mol. The van der Waals surface area contributed by atoms with Crippen molar-refractivity contribution in [3.63, 3.8) is 0 Å². The molecule has 6 heteroatoms. The Bertz CT molecular complexity index is 1040. The van der Waals surface area contributed by atoms with Crippen LogP contribution < -0.4 is 4.90 Å². The highest BCUT2D eigenvalue weighted by Crippen LogP contribution is 2.32. The van der Waals surface area contributed by atoms with E-state index >= 15 is 0 Å². The second-order valence-electron chi connectivity index (χ2n) is 6.72. The van der Waals surface area contributed by atoms with E-state index in [1.54, 1.807) is 6.33 Å². The van der Waals surface area contributed by atoms with Crippen LogP contribution >= 0.6 is 12.4 Å². The van der Waals surface area contributed by atoms with E-state index < -0.39 is 0 Å². The summed E-state index contributed by atoms with van der Waals surface area (Å²) in [4.78, 5) is 13.8. The number of rotatable bonds is 3. The number of piperazine rings is 1. The molecule has 5 rings (SSSR count). The van der Waals surface area contributed by atoms with Gasteiger partial charge in [-0.15, -0.1) is 12.4 Å². The van der Waals surface area contributed by atoms with Crippen LogP contribution in [0.2, 0.25) is 0 Å². The zero-order chi connectivity index (χ0) is 17.3. The van der Waals surface area contributed by atoms with E-state index in [0.717, 1.165) is 60.6 Å². The summed E-state index contributed by atoms with van der Waals surface area (Å²) in [5.74, 6) is 0.908. The maximum atomic E-state index is 6.08. The fourth-order valence-corrected chi connectivity index (χ4v) is 3.70. The van der Waals surface area contributed by atoms with Crippen molar-refractivity contribution in [2.75, 3.05) is 31.1 Å². The monoisotopic (exact) mass is 380 g/mol. The lowest BCUT2D eigenvalue weighted by atomic mass is 10.2. The number of halogens is 1. The molecule has 0 amide bonds. The van der Waals surface area contributed by atoms with E-state index in [2.05, 4.69) is 56.2 Å². The number of hydrogen-bond donors (Lipinski definition) is 0. The van der Waals surface area contributed by atoms with Crippen LogP contribution in [0, 0.1) is 0 Å². The molecule has 2 aromatic carbocycles. The van der Waals surface area contributed by atoms with Crippen LogP contribution in [0.5, 0.6) is 0 Å². The number of benzene rings is 2. The van der Waals surface area contributed by atoms with Crippen molar-refractivity contribution in [1.82, 2.24) is 14.9 Å². The van der Waals surface area contributed by atoms with Gasteiger partial charge in [0.25, 0.3) is 0 Å². The van der Waals surface area contributed by atoms with Crippen LogP contribution in [0.15, 0.2) is 65.3 Å². The van der Waals surface area contributed by atoms with Crippen molar-refractivity contribution >= 4 is 40.3 Å². The average molecular weight is 381 g/mol. The van der Waals surface area contributed by atoms with Gasteiger partial charge in [0.15, 0.2) is 11.4 Å². The molecule has 0 spiro atoms. The summed E-state index contributed by atoms with van der Waals surface area (Å²) in [6.07, 6.45) is 1.65. The summed E-state index contributed by atoms with van der Waals surface area (Å²) in [5.41, 5.74) is 3.93. The third kappa shape index (κ3) is 3.36. The molecule has 1 saturated heterocycles. The van der Waals surface area contributed by atoms with Crippen molar-refractivity contribution in [2.45, 2.75) is 6.54 Å². The van der Waals surface area contributed by atoms with Crippen LogP contribution in [0.25, 0.3) is 22.1 Å². The highest BCUT2D eigenvalue weighted by atomic mass is 35.5. The van der Waals surface area contributed by atoms with Gasteiger partial charge in [-0.25, -0.2) is 9.97 Å². The van der Waals surface area contributed by atoms with E-state index in [0.29, 0.717) is 0 Å². The van der Waals surface area contributed by atoms with Crippen LogP contribution in [0.3, 0.4) is 0 Å². The molecule has 1 fully saturated rings. The zero-order valence-electron chi connectivity index (χ0n) is 14.9. The first-order valence-electron chi connectivity index (χ1n) is 9.02. The number of nitrogens with zero attached hydrogens (tertiary/aromatic N) is 4. The summed E-state index contributed by atoms with van der Waals surface area (Å²) in [6, 6.07) is 18.7. The molecule has 0 bridgehead atoms. The molecule has 5 nitrogen and oxygen atoms in total. The first-order valence-corrected chi connectivity index (χ1v) is 9.02. The van der Waals surface area contributed by atoms with Crippen molar-refractivity contribution < 1.29 is 4.42 Å². The van der Waals surface area contributed by atoms with Crippen molar-refractivity contribution in [1.29, 1.82) is 0 Å². The average Bonchev–Trinajstić information content (AvgIpc) is 3.08. The molecule has 27 heavy (non-hydrogen) atoms. The fourth-order valence-electron chi connectivity index (χ4n) is 3.70. The topological polar surface area (TPSA) is 45.4 Å². The standard InChI is InChI=1S/C21H20N4O.ClH/c1-2-6-16(7-3-1)14-24-10-12-25(13-11-24)21-20-19(22-15-23-21)17-8-4-5-9-18(17)26-20;/h1-9,15H,10-14H2;1H. The summed E-state index contributed by atoms with van der Waals surface area (Å²) in [6.45, 7) is 4.91.